The summed E-state index contributed by atoms with van der Waals surface area (Å²) in [5.74, 6) is -0.362. The number of hydrogen-bond donors (Lipinski definition) is 1. The predicted octanol–water partition coefficient (Wildman–Crippen LogP) is 4.17. The third-order valence-corrected chi connectivity index (χ3v) is 4.71. The van der Waals surface area contributed by atoms with E-state index in [1.54, 1.807) is 0 Å². The second kappa shape index (κ2) is 7.42. The third-order valence-electron chi connectivity index (χ3n) is 4.71. The fourth-order valence-electron chi connectivity index (χ4n) is 3.39. The molecular formula is C20H23NO2. The van der Waals surface area contributed by atoms with Crippen molar-refractivity contribution in [2.75, 3.05) is 0 Å². The highest BCUT2D eigenvalue weighted by molar-refractivity contribution is 5.83. The van der Waals surface area contributed by atoms with Gasteiger partial charge in [0.05, 0.1) is 12.0 Å². The van der Waals surface area contributed by atoms with Gasteiger partial charge in [-0.15, -0.1) is 0 Å². The normalized spacial score (nSPS) is 21.4. The lowest BCUT2D eigenvalue weighted by Crippen LogP contribution is -2.44. The van der Waals surface area contributed by atoms with Crippen molar-refractivity contribution in [3.05, 3.63) is 71.8 Å². The van der Waals surface area contributed by atoms with Crippen LogP contribution in [0.25, 0.3) is 0 Å². The molecule has 0 aliphatic carbocycles. The first-order chi connectivity index (χ1) is 11.3. The topological polar surface area (TPSA) is 40.5 Å². The smallest absolute Gasteiger partial charge is 0.253 e. The Morgan fingerprint density at radius 3 is 2.30 bits per heavy atom. The Morgan fingerprint density at radius 1 is 0.957 bits per heavy atom. The average Bonchev–Trinajstić information content (AvgIpc) is 2.60. The maximum absolute atomic E-state index is 12.4. The van der Waals surface area contributed by atoms with Crippen molar-refractivity contribution < 1.29 is 10.0 Å². The van der Waals surface area contributed by atoms with Crippen LogP contribution in [0.1, 0.15) is 42.7 Å². The summed E-state index contributed by atoms with van der Waals surface area (Å²) < 4.78 is 0. The van der Waals surface area contributed by atoms with Crippen LogP contribution in [-0.4, -0.2) is 22.2 Å². The molecule has 1 N–H and O–H groups in total. The van der Waals surface area contributed by atoms with E-state index in [1.807, 2.05) is 48.5 Å². The van der Waals surface area contributed by atoms with Crippen LogP contribution in [0.5, 0.6) is 0 Å². The Labute approximate surface area is 137 Å². The van der Waals surface area contributed by atoms with Crippen molar-refractivity contribution in [1.29, 1.82) is 0 Å². The zero-order chi connectivity index (χ0) is 16.1. The van der Waals surface area contributed by atoms with Crippen molar-refractivity contribution in [3.63, 3.8) is 0 Å². The van der Waals surface area contributed by atoms with Crippen molar-refractivity contribution in [2.24, 2.45) is 0 Å². The fraction of sp³-hybridized carbons (Fsp3) is 0.350. The summed E-state index contributed by atoms with van der Waals surface area (Å²) in [6, 6.07) is 20.0. The molecule has 1 heterocycles. The lowest BCUT2D eigenvalue weighted by molar-refractivity contribution is -0.185. The monoisotopic (exact) mass is 309 g/mol. The van der Waals surface area contributed by atoms with Gasteiger partial charge in [0.25, 0.3) is 5.91 Å². The SMILES string of the molecule is O=C1C(c2ccccc2)CCC(CCCc2ccccc2)N1O. The lowest BCUT2D eigenvalue weighted by Gasteiger charge is -2.35. The van der Waals surface area contributed by atoms with Crippen LogP contribution in [0, 0.1) is 0 Å². The van der Waals surface area contributed by atoms with Crippen LogP contribution < -0.4 is 0 Å². The van der Waals surface area contributed by atoms with E-state index in [-0.39, 0.29) is 17.9 Å². The van der Waals surface area contributed by atoms with Crippen LogP contribution in [0.2, 0.25) is 0 Å². The van der Waals surface area contributed by atoms with Crippen LogP contribution in [0.4, 0.5) is 0 Å². The molecule has 3 heteroatoms. The van der Waals surface area contributed by atoms with E-state index in [1.165, 1.54) is 5.56 Å². The Hall–Kier alpha value is -2.13. The number of piperidine rings is 1. The number of rotatable bonds is 5. The summed E-state index contributed by atoms with van der Waals surface area (Å²) in [6.45, 7) is 0. The fourth-order valence-corrected chi connectivity index (χ4v) is 3.39. The van der Waals surface area contributed by atoms with E-state index >= 15 is 0 Å². The predicted molar refractivity (Wildman–Crippen MR) is 90.2 cm³/mol. The summed E-state index contributed by atoms with van der Waals surface area (Å²) in [5, 5.41) is 11.2. The minimum absolute atomic E-state index is 0.0498. The number of carbonyl (C=O) groups excluding carboxylic acids is 1. The number of aryl methyl sites for hydroxylation is 1. The molecule has 3 rings (SSSR count). The quantitative estimate of drug-likeness (QED) is 0.842. The van der Waals surface area contributed by atoms with E-state index in [4.69, 9.17) is 0 Å². The molecule has 1 amide bonds. The Morgan fingerprint density at radius 2 is 1.61 bits per heavy atom. The Bertz CT molecular complexity index is 625. The minimum Gasteiger partial charge on any atom is -0.286 e. The zero-order valence-electron chi connectivity index (χ0n) is 13.3. The minimum atomic E-state index is -0.202. The van der Waals surface area contributed by atoms with Crippen molar-refractivity contribution in [3.8, 4) is 0 Å². The summed E-state index contributed by atoms with van der Waals surface area (Å²) >= 11 is 0. The Balaban J connectivity index is 1.54. The molecule has 3 nitrogen and oxygen atoms in total. The third kappa shape index (κ3) is 3.80. The van der Waals surface area contributed by atoms with Crippen LogP contribution >= 0.6 is 0 Å². The van der Waals surface area contributed by atoms with Gasteiger partial charge >= 0.3 is 0 Å². The molecule has 1 aliphatic heterocycles. The Kier molecular flexibility index (Phi) is 5.09. The van der Waals surface area contributed by atoms with Crippen LogP contribution in [0.15, 0.2) is 60.7 Å². The average molecular weight is 309 g/mol. The van der Waals surface area contributed by atoms with Gasteiger partial charge in [0.2, 0.25) is 0 Å². The molecule has 2 unspecified atom stereocenters. The molecule has 0 radical (unpaired) electrons. The standard InChI is InChI=1S/C20H23NO2/c22-20-19(17-11-5-2-6-12-17)15-14-18(21(20)23)13-7-10-16-8-3-1-4-9-16/h1-6,8-9,11-12,18-19,23H,7,10,13-15H2. The molecule has 1 fully saturated rings. The van der Waals surface area contributed by atoms with Gasteiger partial charge < -0.3 is 0 Å². The molecule has 1 saturated heterocycles. The van der Waals surface area contributed by atoms with Gasteiger partial charge in [-0.05, 0) is 43.2 Å². The summed E-state index contributed by atoms with van der Waals surface area (Å²) in [6.07, 6.45) is 4.49. The lowest BCUT2D eigenvalue weighted by atomic mass is 9.86. The highest BCUT2D eigenvalue weighted by Crippen LogP contribution is 2.32. The molecule has 2 aromatic carbocycles. The second-order valence-electron chi connectivity index (χ2n) is 6.26. The molecule has 0 spiro atoms. The molecule has 23 heavy (non-hydrogen) atoms. The largest absolute Gasteiger partial charge is 0.286 e. The first kappa shape index (κ1) is 15.8. The first-order valence-corrected chi connectivity index (χ1v) is 8.36. The number of hydroxylamine groups is 2. The van der Waals surface area contributed by atoms with Gasteiger partial charge in [0, 0.05) is 0 Å². The van der Waals surface area contributed by atoms with Gasteiger partial charge in [-0.25, -0.2) is 5.06 Å². The zero-order valence-corrected chi connectivity index (χ0v) is 13.3. The van der Waals surface area contributed by atoms with Crippen LogP contribution in [0.3, 0.4) is 0 Å². The van der Waals surface area contributed by atoms with Gasteiger partial charge in [0.1, 0.15) is 0 Å². The van der Waals surface area contributed by atoms with E-state index in [0.29, 0.717) is 0 Å². The summed E-state index contributed by atoms with van der Waals surface area (Å²) in [5.41, 5.74) is 2.31. The summed E-state index contributed by atoms with van der Waals surface area (Å²) in [7, 11) is 0. The maximum Gasteiger partial charge on any atom is 0.253 e. The maximum atomic E-state index is 12.4. The van der Waals surface area contributed by atoms with E-state index in [2.05, 4.69) is 12.1 Å². The van der Waals surface area contributed by atoms with Gasteiger partial charge in [0.15, 0.2) is 0 Å². The van der Waals surface area contributed by atoms with E-state index in [9.17, 15) is 10.0 Å². The molecule has 2 aromatic rings. The van der Waals surface area contributed by atoms with Gasteiger partial charge in [-0.3, -0.25) is 10.0 Å². The number of amides is 1. The van der Waals surface area contributed by atoms with E-state index < -0.39 is 0 Å². The second-order valence-corrected chi connectivity index (χ2v) is 6.26. The molecule has 0 aromatic heterocycles. The molecule has 2 atom stereocenters. The summed E-state index contributed by atoms with van der Waals surface area (Å²) in [4.78, 5) is 12.4. The van der Waals surface area contributed by atoms with Gasteiger partial charge in [-0.1, -0.05) is 60.7 Å². The molecular weight excluding hydrogens is 286 g/mol. The number of benzene rings is 2. The number of nitrogens with zero attached hydrogens (tertiary/aromatic N) is 1. The molecule has 0 saturated carbocycles. The highest BCUT2D eigenvalue weighted by Gasteiger charge is 2.35. The van der Waals surface area contributed by atoms with Crippen molar-refractivity contribution >= 4 is 5.91 Å². The van der Waals surface area contributed by atoms with Gasteiger partial charge in [-0.2, -0.15) is 0 Å². The molecule has 1 aliphatic rings. The van der Waals surface area contributed by atoms with E-state index in [0.717, 1.165) is 42.7 Å². The van der Waals surface area contributed by atoms with Crippen molar-refractivity contribution in [2.45, 2.75) is 44.1 Å². The number of hydrogen-bond acceptors (Lipinski definition) is 2. The van der Waals surface area contributed by atoms with Crippen molar-refractivity contribution in [1.82, 2.24) is 5.06 Å². The number of carbonyl (C=O) groups is 1. The highest BCUT2D eigenvalue weighted by atomic mass is 16.5. The van der Waals surface area contributed by atoms with Crippen LogP contribution in [-0.2, 0) is 11.2 Å². The molecule has 0 bridgehead atoms. The first-order valence-electron chi connectivity index (χ1n) is 8.36. The molecule has 120 valence electrons.